The number of nitrogens with zero attached hydrogens (tertiary/aromatic N) is 1. The van der Waals surface area contributed by atoms with Crippen molar-refractivity contribution in [3.8, 4) is 0 Å². The summed E-state index contributed by atoms with van der Waals surface area (Å²) < 4.78 is 0. The Bertz CT molecular complexity index is 1240. The highest BCUT2D eigenvalue weighted by molar-refractivity contribution is 6.05. The zero-order chi connectivity index (χ0) is 22.8. The Hall–Kier alpha value is -3.99. The molecule has 1 amide bonds. The van der Waals surface area contributed by atoms with Crippen molar-refractivity contribution in [1.29, 1.82) is 0 Å². The molecular formula is C27H24N2O3. The summed E-state index contributed by atoms with van der Waals surface area (Å²) in [7, 11) is 0. The van der Waals surface area contributed by atoms with Crippen LogP contribution < -0.4 is 5.73 Å². The number of fused-ring (bicyclic) bond motifs is 1. The van der Waals surface area contributed by atoms with Gasteiger partial charge in [0.25, 0.3) is 5.91 Å². The van der Waals surface area contributed by atoms with Crippen LogP contribution in [0.2, 0.25) is 0 Å². The van der Waals surface area contributed by atoms with Gasteiger partial charge in [-0.2, -0.15) is 0 Å². The molecule has 0 bridgehead atoms. The summed E-state index contributed by atoms with van der Waals surface area (Å²) in [5, 5.41) is 0. The minimum absolute atomic E-state index is 0.00733. The highest BCUT2D eigenvalue weighted by atomic mass is 16.2. The van der Waals surface area contributed by atoms with Gasteiger partial charge in [-0.25, -0.2) is 0 Å². The second-order valence-electron chi connectivity index (χ2n) is 8.08. The largest absolute Gasteiger partial charge is 0.398 e. The van der Waals surface area contributed by atoms with E-state index in [1.807, 2.05) is 30.3 Å². The maximum absolute atomic E-state index is 13.0. The lowest BCUT2D eigenvalue weighted by Crippen LogP contribution is -2.36. The van der Waals surface area contributed by atoms with Crippen molar-refractivity contribution >= 4 is 28.7 Å². The molecule has 0 spiro atoms. The van der Waals surface area contributed by atoms with Gasteiger partial charge in [0.05, 0.1) is 0 Å². The first kappa shape index (κ1) is 21.2. The van der Waals surface area contributed by atoms with E-state index in [0.717, 1.165) is 22.3 Å². The summed E-state index contributed by atoms with van der Waals surface area (Å²) in [4.78, 5) is 39.0. The number of carbonyl (C=O) groups is 3. The molecule has 0 atom stereocenters. The summed E-state index contributed by atoms with van der Waals surface area (Å²) in [5.41, 5.74) is 11.6. The third kappa shape index (κ3) is 4.23. The van der Waals surface area contributed by atoms with E-state index in [4.69, 9.17) is 5.73 Å². The number of ketones is 2. The molecule has 4 rings (SSSR count). The van der Waals surface area contributed by atoms with E-state index in [9.17, 15) is 14.4 Å². The second kappa shape index (κ2) is 8.63. The number of nitrogen functional groups attached to an aromatic ring is 1. The summed E-state index contributed by atoms with van der Waals surface area (Å²) in [6.45, 7) is 6.41. The summed E-state index contributed by atoms with van der Waals surface area (Å²) in [5.74, 6) is -0.144. The minimum atomic E-state index is -0.0952. The Kier molecular flexibility index (Phi) is 5.73. The average molecular weight is 425 g/mol. The van der Waals surface area contributed by atoms with Crippen LogP contribution in [-0.2, 0) is 13.0 Å². The molecule has 3 aromatic rings. The van der Waals surface area contributed by atoms with Crippen molar-refractivity contribution in [2.24, 2.45) is 0 Å². The van der Waals surface area contributed by atoms with Crippen molar-refractivity contribution in [3.05, 3.63) is 107 Å². The number of hydrogen-bond acceptors (Lipinski definition) is 4. The maximum atomic E-state index is 13.0. The fraction of sp³-hybridized carbons (Fsp3) is 0.148. The van der Waals surface area contributed by atoms with E-state index in [0.29, 0.717) is 35.5 Å². The lowest BCUT2D eigenvalue weighted by atomic mass is 9.92. The number of Topliss-reactive ketones (excluding diaryl/α,β-unsaturated/α-hetero) is 2. The lowest BCUT2D eigenvalue weighted by Gasteiger charge is -2.30. The highest BCUT2D eigenvalue weighted by Gasteiger charge is 2.27. The monoisotopic (exact) mass is 424 g/mol. The smallest absolute Gasteiger partial charge is 0.255 e. The van der Waals surface area contributed by atoms with Gasteiger partial charge < -0.3 is 10.6 Å². The summed E-state index contributed by atoms with van der Waals surface area (Å²) in [6.07, 6.45) is 0.246. The highest BCUT2D eigenvalue weighted by Crippen LogP contribution is 2.28. The topological polar surface area (TPSA) is 80.5 Å². The summed E-state index contributed by atoms with van der Waals surface area (Å²) >= 11 is 0. The molecule has 1 heterocycles. The molecule has 160 valence electrons. The number of amides is 1. The van der Waals surface area contributed by atoms with Crippen LogP contribution in [0.3, 0.4) is 0 Å². The predicted molar refractivity (Wildman–Crippen MR) is 126 cm³/mol. The fourth-order valence-electron chi connectivity index (χ4n) is 3.91. The zero-order valence-electron chi connectivity index (χ0n) is 17.9. The van der Waals surface area contributed by atoms with Crippen molar-refractivity contribution < 1.29 is 14.4 Å². The van der Waals surface area contributed by atoms with E-state index in [1.54, 1.807) is 41.3 Å². The number of hydrogen-bond donors (Lipinski definition) is 1. The molecule has 5 nitrogen and oxygen atoms in total. The molecule has 2 N–H and O–H groups in total. The van der Waals surface area contributed by atoms with E-state index in [-0.39, 0.29) is 23.9 Å². The van der Waals surface area contributed by atoms with Crippen LogP contribution >= 0.6 is 0 Å². The SMILES string of the molecule is C=C1CN(Cc2ccc(C(=O)Cc3ccccc3N)cc2)C(=O)c2ccc(C(C)=O)cc21. The van der Waals surface area contributed by atoms with Crippen molar-refractivity contribution in [3.63, 3.8) is 0 Å². The van der Waals surface area contributed by atoms with Crippen LogP contribution in [0.1, 0.15) is 54.7 Å². The number of rotatable bonds is 6. The summed E-state index contributed by atoms with van der Waals surface area (Å²) in [6, 6.07) is 19.8. The first-order valence-electron chi connectivity index (χ1n) is 10.4. The molecular weight excluding hydrogens is 400 g/mol. The fourth-order valence-corrected chi connectivity index (χ4v) is 3.91. The zero-order valence-corrected chi connectivity index (χ0v) is 17.9. The lowest BCUT2D eigenvalue weighted by molar-refractivity contribution is 0.0756. The van der Waals surface area contributed by atoms with Crippen LogP contribution in [0.4, 0.5) is 5.69 Å². The van der Waals surface area contributed by atoms with E-state index in [2.05, 4.69) is 6.58 Å². The van der Waals surface area contributed by atoms with E-state index >= 15 is 0 Å². The normalized spacial score (nSPS) is 13.1. The molecule has 3 aromatic carbocycles. The number of anilines is 1. The van der Waals surface area contributed by atoms with Crippen LogP contribution in [0.25, 0.3) is 5.57 Å². The van der Waals surface area contributed by atoms with E-state index in [1.165, 1.54) is 6.92 Å². The third-order valence-electron chi connectivity index (χ3n) is 5.76. The molecule has 32 heavy (non-hydrogen) atoms. The van der Waals surface area contributed by atoms with Crippen molar-refractivity contribution in [2.75, 3.05) is 12.3 Å². The van der Waals surface area contributed by atoms with E-state index < -0.39 is 0 Å². The molecule has 1 aliphatic rings. The van der Waals surface area contributed by atoms with Gasteiger partial charge in [-0.1, -0.05) is 55.1 Å². The Morgan fingerprint density at radius 1 is 0.969 bits per heavy atom. The number of benzene rings is 3. The Balaban J connectivity index is 1.47. The Labute approximate surface area is 187 Å². The Morgan fingerprint density at radius 3 is 2.34 bits per heavy atom. The van der Waals surface area contributed by atoms with Gasteiger partial charge in [0.1, 0.15) is 0 Å². The van der Waals surface area contributed by atoms with Crippen molar-refractivity contribution in [1.82, 2.24) is 4.90 Å². The molecule has 0 aliphatic carbocycles. The molecule has 0 unspecified atom stereocenters. The van der Waals surface area contributed by atoms with Gasteiger partial charge in [-0.3, -0.25) is 14.4 Å². The average Bonchev–Trinajstić information content (AvgIpc) is 2.79. The van der Waals surface area contributed by atoms with Crippen LogP contribution in [-0.4, -0.2) is 28.9 Å². The maximum Gasteiger partial charge on any atom is 0.255 e. The molecule has 0 radical (unpaired) electrons. The number of carbonyl (C=O) groups excluding carboxylic acids is 3. The quantitative estimate of drug-likeness (QED) is 0.464. The number of para-hydroxylation sites is 1. The number of nitrogens with two attached hydrogens (primary N) is 1. The first-order valence-corrected chi connectivity index (χ1v) is 10.4. The second-order valence-corrected chi connectivity index (χ2v) is 8.08. The van der Waals surface area contributed by atoms with Crippen molar-refractivity contribution in [2.45, 2.75) is 19.9 Å². The van der Waals surface area contributed by atoms with Gasteiger partial charge >= 0.3 is 0 Å². The van der Waals surface area contributed by atoms with Crippen LogP contribution in [0.5, 0.6) is 0 Å². The molecule has 0 aromatic heterocycles. The Morgan fingerprint density at radius 2 is 1.66 bits per heavy atom. The van der Waals surface area contributed by atoms with Gasteiger partial charge in [0, 0.05) is 41.9 Å². The van der Waals surface area contributed by atoms with Gasteiger partial charge in [0.15, 0.2) is 11.6 Å². The van der Waals surface area contributed by atoms with Gasteiger partial charge in [0.2, 0.25) is 0 Å². The minimum Gasteiger partial charge on any atom is -0.398 e. The van der Waals surface area contributed by atoms with Crippen LogP contribution in [0, 0.1) is 0 Å². The molecule has 0 fully saturated rings. The molecule has 1 aliphatic heterocycles. The molecule has 0 saturated carbocycles. The van der Waals surface area contributed by atoms with Crippen LogP contribution in [0.15, 0.2) is 73.3 Å². The predicted octanol–water partition coefficient (Wildman–Crippen LogP) is 4.57. The van der Waals surface area contributed by atoms with Gasteiger partial charge in [-0.05, 0) is 47.4 Å². The molecule has 5 heteroatoms. The molecule has 0 saturated heterocycles. The standard InChI is InChI=1S/C27H24N2O3/c1-17-15-29(27(32)23-12-11-21(18(2)30)13-24(17)23)16-19-7-9-20(10-8-19)26(31)14-22-5-3-4-6-25(22)28/h3-13H,1,14-16,28H2,2H3. The first-order chi connectivity index (χ1) is 15.3. The third-order valence-corrected chi connectivity index (χ3v) is 5.76. The van der Waals surface area contributed by atoms with Gasteiger partial charge in [-0.15, -0.1) is 0 Å².